The van der Waals surface area contributed by atoms with Crippen LogP contribution in [-0.2, 0) is 33.1 Å². The number of sulfonamides is 2. The molecule has 0 saturated carbocycles. The number of benzene rings is 3. The molecule has 0 radical (unpaired) electrons. The van der Waals surface area contributed by atoms with Crippen LogP contribution in [0.1, 0.15) is 36.8 Å². The Morgan fingerprint density at radius 1 is 0.611 bits per heavy atom. The van der Waals surface area contributed by atoms with Crippen molar-refractivity contribution in [1.29, 1.82) is 0 Å². The van der Waals surface area contributed by atoms with Crippen molar-refractivity contribution in [3.63, 3.8) is 0 Å². The van der Waals surface area contributed by atoms with Crippen LogP contribution in [0.25, 0.3) is 0 Å². The van der Waals surface area contributed by atoms with Crippen molar-refractivity contribution in [2.75, 3.05) is 13.1 Å². The van der Waals surface area contributed by atoms with Gasteiger partial charge in [0.2, 0.25) is 20.0 Å². The molecular weight excluding hydrogens is 506 g/mol. The third-order valence-electron chi connectivity index (χ3n) is 6.21. The molecule has 36 heavy (non-hydrogen) atoms. The van der Waals surface area contributed by atoms with E-state index in [0.717, 1.165) is 25.7 Å². The van der Waals surface area contributed by atoms with E-state index in [4.69, 9.17) is 0 Å². The van der Waals surface area contributed by atoms with Gasteiger partial charge in [0.05, 0.1) is 9.79 Å². The number of hydrogen-bond acceptors (Lipinski definition) is 4. The molecule has 1 aliphatic rings. The molecule has 1 saturated heterocycles. The molecule has 0 bridgehead atoms. The van der Waals surface area contributed by atoms with Crippen molar-refractivity contribution in [1.82, 2.24) is 8.61 Å². The smallest absolute Gasteiger partial charge is 0.207 e. The molecule has 0 spiro atoms. The van der Waals surface area contributed by atoms with Gasteiger partial charge in [-0.2, -0.15) is 8.61 Å². The first-order valence-electron chi connectivity index (χ1n) is 11.8. The molecule has 0 unspecified atom stereocenters. The Balaban J connectivity index is 1.62. The second kappa shape index (κ2) is 11.2. The zero-order chi connectivity index (χ0) is 25.8. The largest absolute Gasteiger partial charge is 0.243 e. The van der Waals surface area contributed by atoms with Gasteiger partial charge in [-0.25, -0.2) is 25.6 Å². The van der Waals surface area contributed by atoms with E-state index in [-0.39, 0.29) is 22.9 Å². The lowest BCUT2D eigenvalue weighted by atomic mass is 10.2. The Kier molecular flexibility index (Phi) is 8.19. The molecule has 3 aromatic rings. The normalized spacial score (nSPS) is 15.6. The van der Waals surface area contributed by atoms with Crippen molar-refractivity contribution < 1.29 is 25.6 Å². The number of halogens is 2. The van der Waals surface area contributed by atoms with Gasteiger partial charge in [0, 0.05) is 26.2 Å². The summed E-state index contributed by atoms with van der Waals surface area (Å²) in [6, 6.07) is 16.2. The highest BCUT2D eigenvalue weighted by molar-refractivity contribution is 7.89. The molecule has 1 fully saturated rings. The van der Waals surface area contributed by atoms with Crippen molar-refractivity contribution in [2.45, 2.75) is 48.6 Å². The molecular formula is C26H28F2N2O4S2. The van der Waals surface area contributed by atoms with Gasteiger partial charge in [-0.1, -0.05) is 37.1 Å². The first-order chi connectivity index (χ1) is 17.2. The van der Waals surface area contributed by atoms with Crippen LogP contribution in [0.5, 0.6) is 0 Å². The molecule has 0 N–H and O–H groups in total. The van der Waals surface area contributed by atoms with Crippen LogP contribution < -0.4 is 0 Å². The summed E-state index contributed by atoms with van der Waals surface area (Å²) in [5.74, 6) is -0.874. The molecule has 0 aromatic heterocycles. The first kappa shape index (κ1) is 26.4. The average molecular weight is 535 g/mol. The molecule has 6 nitrogen and oxygen atoms in total. The van der Waals surface area contributed by atoms with Crippen LogP contribution in [0.3, 0.4) is 0 Å². The van der Waals surface area contributed by atoms with Crippen LogP contribution >= 0.6 is 0 Å². The second-order valence-electron chi connectivity index (χ2n) is 8.82. The maximum Gasteiger partial charge on any atom is 0.243 e. The molecule has 1 aliphatic heterocycles. The van der Waals surface area contributed by atoms with Gasteiger partial charge < -0.3 is 0 Å². The standard InChI is InChI=1S/C26H28F2N2O4S2/c27-23-9-5-21(6-10-23)19-30(20-22-7-11-24(28)12-8-22)36(33,34)26-15-13-25(14-16-26)35(31,32)29-17-3-1-2-4-18-29/h5-16H,1-4,17-20H2. The third-order valence-corrected chi connectivity index (χ3v) is 9.93. The summed E-state index contributed by atoms with van der Waals surface area (Å²) in [6.07, 6.45) is 3.57. The van der Waals surface area contributed by atoms with E-state index < -0.39 is 31.7 Å². The molecule has 0 aliphatic carbocycles. The minimum atomic E-state index is -4.07. The fourth-order valence-corrected chi connectivity index (χ4v) is 7.11. The number of nitrogens with zero attached hydrogens (tertiary/aromatic N) is 2. The molecule has 4 rings (SSSR count). The quantitative estimate of drug-likeness (QED) is 0.411. The Bertz CT molecular complexity index is 1320. The van der Waals surface area contributed by atoms with Gasteiger partial charge in [-0.3, -0.25) is 0 Å². The molecule has 0 atom stereocenters. The zero-order valence-electron chi connectivity index (χ0n) is 19.7. The van der Waals surface area contributed by atoms with Crippen molar-refractivity contribution in [3.8, 4) is 0 Å². The van der Waals surface area contributed by atoms with Crippen LogP contribution in [0.15, 0.2) is 82.6 Å². The van der Waals surface area contributed by atoms with E-state index in [1.165, 1.54) is 81.4 Å². The van der Waals surface area contributed by atoms with Crippen LogP contribution in [0.2, 0.25) is 0 Å². The van der Waals surface area contributed by atoms with Gasteiger partial charge in [0.1, 0.15) is 11.6 Å². The SMILES string of the molecule is O=S(=O)(c1ccc(S(=O)(=O)N(Cc2ccc(F)cc2)Cc2ccc(F)cc2)cc1)N1CCCCCC1. The summed E-state index contributed by atoms with van der Waals surface area (Å²) in [5.41, 5.74) is 1.14. The Labute approximate surface area is 211 Å². The lowest BCUT2D eigenvalue weighted by molar-refractivity contribution is 0.400. The fraction of sp³-hybridized carbons (Fsp3) is 0.308. The highest BCUT2D eigenvalue weighted by atomic mass is 32.2. The predicted molar refractivity (Wildman–Crippen MR) is 133 cm³/mol. The summed E-state index contributed by atoms with van der Waals surface area (Å²) in [5, 5.41) is 0. The minimum absolute atomic E-state index is 0.0478. The van der Waals surface area contributed by atoms with Crippen LogP contribution in [0, 0.1) is 11.6 Å². The molecule has 0 amide bonds. The van der Waals surface area contributed by atoms with Crippen LogP contribution in [-0.4, -0.2) is 38.5 Å². The Morgan fingerprint density at radius 2 is 1.03 bits per heavy atom. The maximum absolute atomic E-state index is 13.6. The summed E-state index contributed by atoms with van der Waals surface area (Å²) in [7, 11) is -7.79. The highest BCUT2D eigenvalue weighted by Crippen LogP contribution is 2.25. The lowest BCUT2D eigenvalue weighted by Gasteiger charge is -2.23. The maximum atomic E-state index is 13.6. The van der Waals surface area contributed by atoms with E-state index in [9.17, 15) is 25.6 Å². The van der Waals surface area contributed by atoms with Crippen molar-refractivity contribution in [2.24, 2.45) is 0 Å². The summed E-state index contributed by atoms with van der Waals surface area (Å²) in [6.45, 7) is 0.804. The van der Waals surface area contributed by atoms with Crippen LogP contribution in [0.4, 0.5) is 8.78 Å². The topological polar surface area (TPSA) is 74.8 Å². The third kappa shape index (κ3) is 6.18. The summed E-state index contributed by atoms with van der Waals surface area (Å²) in [4.78, 5) is -0.0199. The number of rotatable bonds is 8. The van der Waals surface area contributed by atoms with Gasteiger partial charge in [0.15, 0.2) is 0 Å². The minimum Gasteiger partial charge on any atom is -0.207 e. The summed E-state index contributed by atoms with van der Waals surface area (Å²) >= 11 is 0. The lowest BCUT2D eigenvalue weighted by Crippen LogP contribution is -2.32. The van der Waals surface area contributed by atoms with E-state index in [0.29, 0.717) is 24.2 Å². The van der Waals surface area contributed by atoms with Gasteiger partial charge in [-0.05, 0) is 72.5 Å². The van der Waals surface area contributed by atoms with Gasteiger partial charge in [0.25, 0.3) is 0 Å². The fourth-order valence-electron chi connectivity index (χ4n) is 4.18. The highest BCUT2D eigenvalue weighted by Gasteiger charge is 2.28. The van der Waals surface area contributed by atoms with E-state index in [1.807, 2.05) is 0 Å². The number of hydrogen-bond donors (Lipinski definition) is 0. The monoisotopic (exact) mass is 534 g/mol. The molecule has 1 heterocycles. The van der Waals surface area contributed by atoms with Gasteiger partial charge >= 0.3 is 0 Å². The predicted octanol–water partition coefficient (Wildman–Crippen LogP) is 4.92. The van der Waals surface area contributed by atoms with E-state index >= 15 is 0 Å². The average Bonchev–Trinajstić information content (AvgIpc) is 3.17. The van der Waals surface area contributed by atoms with Crippen molar-refractivity contribution in [3.05, 3.63) is 95.6 Å². The van der Waals surface area contributed by atoms with E-state index in [2.05, 4.69) is 0 Å². The zero-order valence-corrected chi connectivity index (χ0v) is 21.3. The Hall–Kier alpha value is -2.66. The van der Waals surface area contributed by atoms with E-state index in [1.54, 1.807) is 0 Å². The first-order valence-corrected chi connectivity index (χ1v) is 14.6. The summed E-state index contributed by atoms with van der Waals surface area (Å²) < 4.78 is 82.8. The molecule has 3 aromatic carbocycles. The van der Waals surface area contributed by atoms with Gasteiger partial charge in [-0.15, -0.1) is 0 Å². The Morgan fingerprint density at radius 3 is 1.47 bits per heavy atom. The second-order valence-corrected chi connectivity index (χ2v) is 12.7. The molecule has 10 heteroatoms. The molecule has 192 valence electrons. The van der Waals surface area contributed by atoms with Crippen molar-refractivity contribution >= 4 is 20.0 Å².